The molecule has 0 radical (unpaired) electrons. The van der Waals surface area contributed by atoms with E-state index in [1.54, 1.807) is 35.5 Å². The van der Waals surface area contributed by atoms with E-state index in [0.717, 1.165) is 6.07 Å². The summed E-state index contributed by atoms with van der Waals surface area (Å²) in [5, 5.41) is 11.8. The number of rotatable bonds is 2. The first-order chi connectivity index (χ1) is 13.7. The molecule has 1 N–H and O–H groups in total. The SMILES string of the molecule is C[C@@H]1CN(c2ccc(C#N)c(C(F)(F)F)c2)[C@@H](C)CN1C(=O)Nc1ccncc1.Cl. The van der Waals surface area contributed by atoms with Gasteiger partial charge in [0, 0.05) is 48.9 Å². The number of nitriles is 1. The third-order valence-electron chi connectivity index (χ3n) is 4.94. The number of anilines is 2. The van der Waals surface area contributed by atoms with E-state index in [1.807, 2.05) is 18.7 Å². The highest BCUT2D eigenvalue weighted by molar-refractivity contribution is 5.89. The van der Waals surface area contributed by atoms with Crippen molar-refractivity contribution in [2.75, 3.05) is 23.3 Å². The number of hydrogen-bond donors (Lipinski definition) is 1. The largest absolute Gasteiger partial charge is 0.417 e. The first-order valence-corrected chi connectivity index (χ1v) is 9.06. The molecule has 0 bridgehead atoms. The summed E-state index contributed by atoms with van der Waals surface area (Å²) < 4.78 is 39.9. The molecule has 1 aromatic heterocycles. The molecule has 0 unspecified atom stereocenters. The molecular weight excluding hydrogens is 419 g/mol. The summed E-state index contributed by atoms with van der Waals surface area (Å²) in [6.07, 6.45) is -1.46. The third kappa shape index (κ3) is 4.94. The van der Waals surface area contributed by atoms with Crippen molar-refractivity contribution in [3.05, 3.63) is 53.9 Å². The van der Waals surface area contributed by atoms with E-state index in [4.69, 9.17) is 5.26 Å². The lowest BCUT2D eigenvalue weighted by molar-refractivity contribution is -0.137. The number of nitrogens with zero attached hydrogens (tertiary/aromatic N) is 4. The van der Waals surface area contributed by atoms with E-state index in [0.29, 0.717) is 24.5 Å². The Labute approximate surface area is 178 Å². The maximum Gasteiger partial charge on any atom is 0.417 e. The first kappa shape index (κ1) is 23.3. The standard InChI is InChI=1S/C20H20F3N5O.ClH/c1-13-12-28(19(29)26-16-5-7-25-8-6-16)14(2)11-27(13)17-4-3-15(10-24)18(9-17)20(21,22)23;/h3-9,13-14H,11-12H2,1-2H3,(H,25,26,29);1H/t13-,14+;/m0./s1. The van der Waals surface area contributed by atoms with Crippen LogP contribution in [0.5, 0.6) is 0 Å². The summed E-state index contributed by atoms with van der Waals surface area (Å²) in [5.41, 5.74) is -0.355. The highest BCUT2D eigenvalue weighted by Crippen LogP contribution is 2.35. The Bertz CT molecular complexity index is 932. The van der Waals surface area contributed by atoms with E-state index in [2.05, 4.69) is 10.3 Å². The molecule has 2 atom stereocenters. The highest BCUT2D eigenvalue weighted by atomic mass is 35.5. The van der Waals surface area contributed by atoms with Crippen molar-refractivity contribution in [2.24, 2.45) is 0 Å². The average Bonchev–Trinajstić information content (AvgIpc) is 2.69. The zero-order valence-electron chi connectivity index (χ0n) is 16.3. The number of amides is 2. The van der Waals surface area contributed by atoms with Gasteiger partial charge in [0.05, 0.1) is 17.2 Å². The Balaban J connectivity index is 0.00000320. The van der Waals surface area contributed by atoms with Gasteiger partial charge in [-0.25, -0.2) is 4.79 Å². The van der Waals surface area contributed by atoms with Crippen LogP contribution in [0, 0.1) is 11.3 Å². The third-order valence-corrected chi connectivity index (χ3v) is 4.94. The number of hydrogen-bond acceptors (Lipinski definition) is 4. The molecule has 0 aliphatic carbocycles. The van der Waals surface area contributed by atoms with Gasteiger partial charge < -0.3 is 15.1 Å². The fraction of sp³-hybridized carbons (Fsp3) is 0.350. The van der Waals surface area contributed by atoms with Gasteiger partial charge in [0.2, 0.25) is 0 Å². The average molecular weight is 440 g/mol. The van der Waals surface area contributed by atoms with Crippen LogP contribution < -0.4 is 10.2 Å². The zero-order chi connectivity index (χ0) is 21.2. The van der Waals surface area contributed by atoms with Gasteiger partial charge in [0.25, 0.3) is 0 Å². The quantitative estimate of drug-likeness (QED) is 0.746. The number of piperazine rings is 1. The molecule has 10 heteroatoms. The van der Waals surface area contributed by atoms with Crippen LogP contribution in [0.1, 0.15) is 25.0 Å². The number of halogens is 4. The van der Waals surface area contributed by atoms with E-state index < -0.39 is 17.3 Å². The van der Waals surface area contributed by atoms with Crippen molar-refractivity contribution >= 4 is 29.8 Å². The lowest BCUT2D eigenvalue weighted by Crippen LogP contribution is -2.59. The second kappa shape index (κ2) is 9.22. The second-order valence-electron chi connectivity index (χ2n) is 7.01. The van der Waals surface area contributed by atoms with Crippen LogP contribution in [-0.4, -0.2) is 41.1 Å². The number of benzene rings is 1. The van der Waals surface area contributed by atoms with E-state index in [-0.39, 0.29) is 30.5 Å². The minimum atomic E-state index is -4.61. The molecule has 1 fully saturated rings. The summed E-state index contributed by atoms with van der Waals surface area (Å²) in [5.74, 6) is 0. The molecule has 1 saturated heterocycles. The summed E-state index contributed by atoms with van der Waals surface area (Å²) in [6, 6.07) is 7.97. The van der Waals surface area contributed by atoms with E-state index in [1.165, 1.54) is 12.1 Å². The predicted octanol–water partition coefficient (Wildman–Crippen LogP) is 4.52. The van der Waals surface area contributed by atoms with Gasteiger partial charge in [-0.05, 0) is 44.2 Å². The zero-order valence-corrected chi connectivity index (χ0v) is 17.2. The molecule has 2 aromatic rings. The predicted molar refractivity (Wildman–Crippen MR) is 110 cm³/mol. The number of urea groups is 1. The number of aromatic nitrogens is 1. The summed E-state index contributed by atoms with van der Waals surface area (Å²) >= 11 is 0. The van der Waals surface area contributed by atoms with E-state index in [9.17, 15) is 18.0 Å². The fourth-order valence-corrected chi connectivity index (χ4v) is 3.44. The smallest absolute Gasteiger partial charge is 0.365 e. The molecule has 1 aliphatic heterocycles. The molecule has 30 heavy (non-hydrogen) atoms. The van der Waals surface area contributed by atoms with Crippen molar-refractivity contribution in [3.63, 3.8) is 0 Å². The van der Waals surface area contributed by atoms with Gasteiger partial charge >= 0.3 is 12.2 Å². The molecule has 160 valence electrons. The normalized spacial score (nSPS) is 18.9. The van der Waals surface area contributed by atoms with Gasteiger partial charge in [-0.1, -0.05) is 0 Å². The maximum absolute atomic E-state index is 13.3. The van der Waals surface area contributed by atoms with Gasteiger partial charge in [0.1, 0.15) is 0 Å². The number of pyridine rings is 1. The van der Waals surface area contributed by atoms with Gasteiger partial charge in [-0.3, -0.25) is 4.98 Å². The lowest BCUT2D eigenvalue weighted by atomic mass is 10.0. The number of carbonyl (C=O) groups excluding carboxylic acids is 1. The van der Waals surface area contributed by atoms with Crippen molar-refractivity contribution in [3.8, 4) is 6.07 Å². The molecule has 3 rings (SSSR count). The Morgan fingerprint density at radius 3 is 2.43 bits per heavy atom. The first-order valence-electron chi connectivity index (χ1n) is 9.06. The van der Waals surface area contributed by atoms with Crippen LogP contribution in [0.2, 0.25) is 0 Å². The number of alkyl halides is 3. The molecule has 6 nitrogen and oxygen atoms in total. The van der Waals surface area contributed by atoms with Crippen LogP contribution >= 0.6 is 12.4 Å². The van der Waals surface area contributed by atoms with Crippen LogP contribution in [-0.2, 0) is 6.18 Å². The fourth-order valence-electron chi connectivity index (χ4n) is 3.44. The lowest BCUT2D eigenvalue weighted by Gasteiger charge is -2.45. The highest BCUT2D eigenvalue weighted by Gasteiger charge is 2.36. The van der Waals surface area contributed by atoms with Crippen molar-refractivity contribution in [1.29, 1.82) is 5.26 Å². The topological polar surface area (TPSA) is 72.3 Å². The second-order valence-corrected chi connectivity index (χ2v) is 7.01. The Kier molecular flexibility index (Phi) is 7.16. The maximum atomic E-state index is 13.3. The number of carbonyl (C=O) groups is 1. The summed E-state index contributed by atoms with van der Waals surface area (Å²) in [4.78, 5) is 20.0. The molecule has 0 spiro atoms. The van der Waals surface area contributed by atoms with Crippen molar-refractivity contribution < 1.29 is 18.0 Å². The molecule has 1 aliphatic rings. The van der Waals surface area contributed by atoms with Crippen molar-refractivity contribution in [1.82, 2.24) is 9.88 Å². The monoisotopic (exact) mass is 439 g/mol. The van der Waals surface area contributed by atoms with E-state index >= 15 is 0 Å². The summed E-state index contributed by atoms with van der Waals surface area (Å²) in [6.45, 7) is 4.41. The van der Waals surface area contributed by atoms with Crippen LogP contribution in [0.3, 0.4) is 0 Å². The minimum Gasteiger partial charge on any atom is -0.365 e. The molecular formula is C20H21ClF3N5O. The minimum absolute atomic E-state index is 0. The summed E-state index contributed by atoms with van der Waals surface area (Å²) in [7, 11) is 0. The van der Waals surface area contributed by atoms with Gasteiger partial charge in [-0.15, -0.1) is 12.4 Å². The Hall–Kier alpha value is -2.99. The van der Waals surface area contributed by atoms with Crippen LogP contribution in [0.15, 0.2) is 42.7 Å². The molecule has 1 aromatic carbocycles. The van der Waals surface area contributed by atoms with Crippen molar-refractivity contribution in [2.45, 2.75) is 32.1 Å². The van der Waals surface area contributed by atoms with Crippen LogP contribution in [0.4, 0.5) is 29.3 Å². The Morgan fingerprint density at radius 1 is 1.17 bits per heavy atom. The van der Waals surface area contributed by atoms with Crippen LogP contribution in [0.25, 0.3) is 0 Å². The molecule has 0 saturated carbocycles. The Morgan fingerprint density at radius 2 is 1.83 bits per heavy atom. The number of nitrogens with one attached hydrogen (secondary N) is 1. The molecule has 2 heterocycles. The van der Waals surface area contributed by atoms with Gasteiger partial charge in [-0.2, -0.15) is 18.4 Å². The van der Waals surface area contributed by atoms with Gasteiger partial charge in [0.15, 0.2) is 0 Å². The molecule has 2 amide bonds.